The van der Waals surface area contributed by atoms with E-state index in [1.165, 1.54) is 0 Å². The lowest BCUT2D eigenvalue weighted by Crippen LogP contribution is -2.59. The molecule has 0 aromatic heterocycles. The second-order valence-corrected chi connectivity index (χ2v) is 11.0. The molecule has 1 aliphatic heterocycles. The molecule has 0 aromatic rings. The quantitative estimate of drug-likeness (QED) is 0.455. The topological polar surface area (TPSA) is 125 Å². The molecule has 8 atom stereocenters. The Bertz CT molecular complexity index is 816. The van der Waals surface area contributed by atoms with E-state index in [0.29, 0.717) is 30.1 Å². The highest BCUT2D eigenvalue weighted by molar-refractivity contribution is 5.89. The van der Waals surface area contributed by atoms with Gasteiger partial charge >= 0.3 is 0 Å². The van der Waals surface area contributed by atoms with Crippen LogP contribution in [0.25, 0.3) is 0 Å². The SMILES string of the molecule is CN1C(=O)C=C[C@]2(C)[C@H]3CC[C@]4(C)[C@@H](CC(=O)NNC(CO)C(N)=O)CC[C@H]4[C@@H]3CC[C@@H]12. The van der Waals surface area contributed by atoms with Crippen molar-refractivity contribution in [3.63, 3.8) is 0 Å². The van der Waals surface area contributed by atoms with Crippen LogP contribution in [0.3, 0.4) is 0 Å². The molecule has 178 valence electrons. The van der Waals surface area contributed by atoms with Crippen LogP contribution in [-0.2, 0) is 14.4 Å². The minimum absolute atomic E-state index is 0.0281. The molecular weight excluding hydrogens is 408 g/mol. The fraction of sp³-hybridized carbons (Fsp3) is 0.792. The summed E-state index contributed by atoms with van der Waals surface area (Å²) in [6.07, 6.45) is 11.0. The van der Waals surface area contributed by atoms with Gasteiger partial charge in [0, 0.05) is 24.9 Å². The van der Waals surface area contributed by atoms with Crippen LogP contribution in [0, 0.1) is 34.5 Å². The van der Waals surface area contributed by atoms with E-state index < -0.39 is 18.6 Å². The van der Waals surface area contributed by atoms with Crippen molar-refractivity contribution in [1.82, 2.24) is 15.8 Å². The number of carbonyl (C=O) groups is 3. The van der Waals surface area contributed by atoms with E-state index in [4.69, 9.17) is 5.73 Å². The number of carbonyl (C=O) groups excluding carboxylic acids is 3. The molecule has 0 bridgehead atoms. The number of aliphatic hydroxyl groups is 1. The number of rotatable bonds is 6. The zero-order valence-electron chi connectivity index (χ0n) is 19.5. The van der Waals surface area contributed by atoms with Crippen LogP contribution in [0.2, 0.25) is 0 Å². The van der Waals surface area contributed by atoms with Gasteiger partial charge in [-0.15, -0.1) is 0 Å². The molecule has 5 N–H and O–H groups in total. The number of likely N-dealkylation sites (N-methyl/N-ethyl adjacent to an activating group) is 1. The lowest BCUT2D eigenvalue weighted by atomic mass is 9.47. The van der Waals surface area contributed by atoms with Crippen LogP contribution in [0.4, 0.5) is 0 Å². The van der Waals surface area contributed by atoms with Crippen molar-refractivity contribution in [2.24, 2.45) is 40.2 Å². The first kappa shape index (κ1) is 23.2. The second kappa shape index (κ2) is 8.45. The van der Waals surface area contributed by atoms with Crippen LogP contribution >= 0.6 is 0 Å². The first-order chi connectivity index (χ1) is 15.1. The zero-order chi connectivity index (χ0) is 23.3. The van der Waals surface area contributed by atoms with Crippen molar-refractivity contribution in [3.8, 4) is 0 Å². The number of hydrazine groups is 1. The first-order valence-electron chi connectivity index (χ1n) is 12.0. The lowest BCUT2D eigenvalue weighted by molar-refractivity contribution is -0.139. The number of hydrogen-bond donors (Lipinski definition) is 4. The summed E-state index contributed by atoms with van der Waals surface area (Å²) in [7, 11) is 1.94. The second-order valence-electron chi connectivity index (χ2n) is 11.0. The zero-order valence-corrected chi connectivity index (χ0v) is 19.5. The molecule has 0 saturated heterocycles. The number of aliphatic hydroxyl groups excluding tert-OH is 1. The summed E-state index contributed by atoms with van der Waals surface area (Å²) in [5, 5.41) is 9.19. The summed E-state index contributed by atoms with van der Waals surface area (Å²) in [6, 6.07) is -0.699. The number of nitrogens with two attached hydrogens (primary N) is 1. The summed E-state index contributed by atoms with van der Waals surface area (Å²) < 4.78 is 0. The highest BCUT2D eigenvalue weighted by Gasteiger charge is 2.60. The van der Waals surface area contributed by atoms with E-state index in [2.05, 4.69) is 30.8 Å². The molecule has 0 spiro atoms. The fourth-order valence-electron chi connectivity index (χ4n) is 7.83. The van der Waals surface area contributed by atoms with Crippen molar-refractivity contribution in [2.45, 2.75) is 70.9 Å². The van der Waals surface area contributed by atoms with Crippen molar-refractivity contribution in [3.05, 3.63) is 12.2 Å². The Hall–Kier alpha value is -1.93. The van der Waals surface area contributed by atoms with Crippen LogP contribution in [0.15, 0.2) is 12.2 Å². The van der Waals surface area contributed by atoms with Gasteiger partial charge in [-0.05, 0) is 73.7 Å². The molecule has 32 heavy (non-hydrogen) atoms. The van der Waals surface area contributed by atoms with E-state index in [1.807, 2.05) is 11.9 Å². The summed E-state index contributed by atoms with van der Waals surface area (Å²) in [4.78, 5) is 38.0. The molecule has 1 heterocycles. The molecule has 0 aromatic carbocycles. The predicted octanol–water partition coefficient (Wildman–Crippen LogP) is 1.10. The fourth-order valence-corrected chi connectivity index (χ4v) is 7.83. The summed E-state index contributed by atoms with van der Waals surface area (Å²) in [6.45, 7) is 4.25. The highest BCUT2D eigenvalue weighted by atomic mass is 16.3. The molecular formula is C24H38N4O4. The van der Waals surface area contributed by atoms with Crippen LogP contribution < -0.4 is 16.6 Å². The van der Waals surface area contributed by atoms with Crippen LogP contribution in [0.5, 0.6) is 0 Å². The minimum atomic E-state index is -0.981. The highest BCUT2D eigenvalue weighted by Crippen LogP contribution is 2.65. The van der Waals surface area contributed by atoms with Crippen molar-refractivity contribution in [1.29, 1.82) is 0 Å². The van der Waals surface area contributed by atoms with E-state index in [0.717, 1.165) is 38.5 Å². The molecule has 0 radical (unpaired) electrons. The maximum atomic E-state index is 12.6. The predicted molar refractivity (Wildman–Crippen MR) is 120 cm³/mol. The summed E-state index contributed by atoms with van der Waals surface area (Å²) in [5.41, 5.74) is 10.5. The third-order valence-electron chi connectivity index (χ3n) is 9.67. The van der Waals surface area contributed by atoms with Crippen LogP contribution in [0.1, 0.15) is 58.8 Å². The van der Waals surface area contributed by atoms with E-state index >= 15 is 0 Å². The number of nitrogens with one attached hydrogen (secondary N) is 2. The Morgan fingerprint density at radius 2 is 1.97 bits per heavy atom. The van der Waals surface area contributed by atoms with Gasteiger partial charge in [-0.3, -0.25) is 19.8 Å². The molecule has 3 saturated carbocycles. The molecule has 3 aliphatic carbocycles. The number of fused-ring (bicyclic) bond motifs is 5. The maximum Gasteiger partial charge on any atom is 0.246 e. The van der Waals surface area contributed by atoms with Crippen molar-refractivity contribution < 1.29 is 19.5 Å². The van der Waals surface area contributed by atoms with Gasteiger partial charge in [-0.2, -0.15) is 0 Å². The van der Waals surface area contributed by atoms with Gasteiger partial charge in [0.15, 0.2) is 0 Å². The largest absolute Gasteiger partial charge is 0.394 e. The summed E-state index contributed by atoms with van der Waals surface area (Å²) in [5.74, 6) is 1.34. The van der Waals surface area contributed by atoms with Crippen LogP contribution in [-0.4, -0.2) is 53.5 Å². The Labute approximate surface area is 190 Å². The number of amides is 3. The maximum absolute atomic E-state index is 12.6. The minimum Gasteiger partial charge on any atom is -0.394 e. The Morgan fingerprint density at radius 1 is 1.22 bits per heavy atom. The van der Waals surface area contributed by atoms with Gasteiger partial charge < -0.3 is 15.7 Å². The molecule has 4 rings (SSSR count). The van der Waals surface area contributed by atoms with Gasteiger partial charge in [0.05, 0.1) is 6.61 Å². The molecule has 8 nitrogen and oxygen atoms in total. The average molecular weight is 447 g/mol. The van der Waals surface area contributed by atoms with Crippen molar-refractivity contribution in [2.75, 3.05) is 13.7 Å². The first-order valence-corrected chi connectivity index (χ1v) is 12.0. The number of primary amides is 1. The van der Waals surface area contributed by atoms with Gasteiger partial charge in [0.2, 0.25) is 17.7 Å². The third kappa shape index (κ3) is 3.65. The average Bonchev–Trinajstić information content (AvgIpc) is 3.07. The van der Waals surface area contributed by atoms with E-state index in [1.54, 1.807) is 6.08 Å². The Kier molecular flexibility index (Phi) is 6.13. The Balaban J connectivity index is 1.44. The molecule has 8 heteroatoms. The van der Waals surface area contributed by atoms with E-state index in [-0.39, 0.29) is 28.7 Å². The van der Waals surface area contributed by atoms with E-state index in [9.17, 15) is 19.5 Å². The number of nitrogens with zero attached hydrogens (tertiary/aromatic N) is 1. The standard InChI is InChI=1S/C24H38N4O4/c1-23-10-8-17-15(5-7-19-24(17,2)11-9-21(31)28(19)3)16(23)6-4-14(23)12-20(30)27-26-18(13-29)22(25)32/h9,11,14-19,26,29H,4-8,10,12-13H2,1-3H3,(H2,25,32)(H,27,30)/t14-,15+,16+,17+,18?,19-,23-,24-/m1/s1. The smallest absolute Gasteiger partial charge is 0.246 e. The van der Waals surface area contributed by atoms with Gasteiger partial charge in [-0.1, -0.05) is 19.9 Å². The Morgan fingerprint density at radius 3 is 2.66 bits per heavy atom. The van der Waals surface area contributed by atoms with Gasteiger partial charge in [-0.25, -0.2) is 5.43 Å². The monoisotopic (exact) mass is 446 g/mol. The normalized spacial score (nSPS) is 41.4. The number of hydrogen-bond acceptors (Lipinski definition) is 5. The molecule has 4 aliphatic rings. The van der Waals surface area contributed by atoms with Crippen molar-refractivity contribution >= 4 is 17.7 Å². The molecule has 1 unspecified atom stereocenters. The lowest BCUT2D eigenvalue weighted by Gasteiger charge is -2.60. The molecule has 3 amide bonds. The third-order valence-corrected chi connectivity index (χ3v) is 9.67. The summed E-state index contributed by atoms with van der Waals surface area (Å²) >= 11 is 0. The molecule has 3 fully saturated rings. The van der Waals surface area contributed by atoms with Gasteiger partial charge in [0.1, 0.15) is 6.04 Å². The van der Waals surface area contributed by atoms with Gasteiger partial charge in [0.25, 0.3) is 0 Å².